The van der Waals surface area contributed by atoms with E-state index >= 15 is 0 Å². The first kappa shape index (κ1) is 11.6. The highest BCUT2D eigenvalue weighted by Gasteiger charge is 2.26. The molecule has 1 N–H and O–H groups in total. The number of hydrogen-bond donors (Lipinski definition) is 1. The van der Waals surface area contributed by atoms with Gasteiger partial charge in [-0.1, -0.05) is 36.8 Å². The zero-order chi connectivity index (χ0) is 11.4. The summed E-state index contributed by atoms with van der Waals surface area (Å²) in [4.78, 5) is 2.44. The molecule has 0 radical (unpaired) electrons. The van der Waals surface area contributed by atoms with Crippen LogP contribution >= 0.6 is 0 Å². The van der Waals surface area contributed by atoms with E-state index in [-0.39, 0.29) is 6.61 Å². The Morgan fingerprint density at radius 3 is 2.69 bits per heavy atom. The van der Waals surface area contributed by atoms with Crippen molar-refractivity contribution in [2.75, 3.05) is 6.61 Å². The third-order valence-corrected chi connectivity index (χ3v) is 3.61. The van der Waals surface area contributed by atoms with Crippen molar-refractivity contribution in [3.8, 4) is 0 Å². The summed E-state index contributed by atoms with van der Waals surface area (Å²) in [7, 11) is 0. The van der Waals surface area contributed by atoms with Crippen LogP contribution in [0.2, 0.25) is 0 Å². The van der Waals surface area contributed by atoms with Crippen molar-refractivity contribution >= 4 is 0 Å². The first-order valence-electron chi connectivity index (χ1n) is 6.22. The Labute approximate surface area is 97.9 Å². The number of piperidine rings is 1. The van der Waals surface area contributed by atoms with Crippen LogP contribution in [-0.2, 0) is 6.54 Å². The lowest BCUT2D eigenvalue weighted by Gasteiger charge is -2.40. The van der Waals surface area contributed by atoms with Crippen molar-refractivity contribution in [1.82, 2.24) is 4.90 Å². The van der Waals surface area contributed by atoms with Crippen molar-refractivity contribution < 1.29 is 5.11 Å². The van der Waals surface area contributed by atoms with Crippen molar-refractivity contribution in [1.29, 1.82) is 0 Å². The molecule has 16 heavy (non-hydrogen) atoms. The van der Waals surface area contributed by atoms with Gasteiger partial charge in [0.15, 0.2) is 0 Å². The number of aliphatic hydroxyl groups is 1. The van der Waals surface area contributed by atoms with Crippen LogP contribution in [0.15, 0.2) is 30.3 Å². The SMILES string of the molecule is C[C@H]1CCC[C@@H](CO)N1Cc1ccccc1. The van der Waals surface area contributed by atoms with Gasteiger partial charge in [-0.2, -0.15) is 0 Å². The Morgan fingerprint density at radius 1 is 1.25 bits per heavy atom. The molecule has 1 aliphatic heterocycles. The van der Waals surface area contributed by atoms with Gasteiger partial charge in [0.05, 0.1) is 6.61 Å². The van der Waals surface area contributed by atoms with Crippen LogP contribution in [0.3, 0.4) is 0 Å². The van der Waals surface area contributed by atoms with Crippen LogP contribution in [0.25, 0.3) is 0 Å². The van der Waals surface area contributed by atoms with E-state index in [0.717, 1.165) is 13.0 Å². The smallest absolute Gasteiger partial charge is 0.0587 e. The van der Waals surface area contributed by atoms with Crippen molar-refractivity contribution in [3.63, 3.8) is 0 Å². The average molecular weight is 219 g/mol. The molecule has 0 bridgehead atoms. The minimum atomic E-state index is 0.289. The predicted molar refractivity (Wildman–Crippen MR) is 66.2 cm³/mol. The van der Waals surface area contributed by atoms with Gasteiger partial charge in [-0.25, -0.2) is 0 Å². The Balaban J connectivity index is 2.05. The quantitative estimate of drug-likeness (QED) is 0.844. The zero-order valence-corrected chi connectivity index (χ0v) is 9.97. The van der Waals surface area contributed by atoms with Crippen LogP contribution in [-0.4, -0.2) is 28.7 Å². The van der Waals surface area contributed by atoms with Gasteiger partial charge >= 0.3 is 0 Å². The molecule has 0 amide bonds. The highest BCUT2D eigenvalue weighted by atomic mass is 16.3. The monoisotopic (exact) mass is 219 g/mol. The molecule has 0 spiro atoms. The van der Waals surface area contributed by atoms with E-state index in [1.54, 1.807) is 0 Å². The van der Waals surface area contributed by atoms with Crippen LogP contribution in [0, 0.1) is 0 Å². The molecule has 0 aliphatic carbocycles. The van der Waals surface area contributed by atoms with E-state index in [1.165, 1.54) is 18.4 Å². The average Bonchev–Trinajstić information content (AvgIpc) is 2.33. The number of nitrogens with zero attached hydrogens (tertiary/aromatic N) is 1. The molecule has 88 valence electrons. The number of aliphatic hydroxyl groups excluding tert-OH is 1. The molecule has 2 atom stereocenters. The van der Waals surface area contributed by atoms with Gasteiger partial charge in [-0.05, 0) is 25.3 Å². The molecule has 1 saturated heterocycles. The van der Waals surface area contributed by atoms with E-state index in [1.807, 2.05) is 6.07 Å². The number of benzene rings is 1. The highest BCUT2D eigenvalue weighted by Crippen LogP contribution is 2.24. The molecule has 1 fully saturated rings. The first-order chi connectivity index (χ1) is 7.81. The summed E-state index contributed by atoms with van der Waals surface area (Å²) in [6, 6.07) is 11.5. The molecule has 1 aliphatic rings. The van der Waals surface area contributed by atoms with E-state index in [2.05, 4.69) is 36.1 Å². The van der Waals surface area contributed by atoms with E-state index in [0.29, 0.717) is 12.1 Å². The maximum absolute atomic E-state index is 9.42. The summed E-state index contributed by atoms with van der Waals surface area (Å²) < 4.78 is 0. The lowest BCUT2D eigenvalue weighted by atomic mass is 9.96. The van der Waals surface area contributed by atoms with Crippen LogP contribution in [0.5, 0.6) is 0 Å². The molecule has 2 heteroatoms. The summed E-state index contributed by atoms with van der Waals surface area (Å²) in [6.45, 7) is 3.52. The molecule has 0 saturated carbocycles. The lowest BCUT2D eigenvalue weighted by molar-refractivity contribution is 0.0452. The second-order valence-corrected chi connectivity index (χ2v) is 4.77. The molecule has 1 heterocycles. The van der Waals surface area contributed by atoms with E-state index < -0.39 is 0 Å². The lowest BCUT2D eigenvalue weighted by Crippen LogP contribution is -2.46. The number of hydrogen-bond acceptors (Lipinski definition) is 2. The molecule has 2 rings (SSSR count). The van der Waals surface area contributed by atoms with Crippen molar-refractivity contribution in [2.45, 2.75) is 44.8 Å². The van der Waals surface area contributed by atoms with Crippen molar-refractivity contribution in [2.24, 2.45) is 0 Å². The summed E-state index contributed by atoms with van der Waals surface area (Å²) in [6.07, 6.45) is 3.63. The van der Waals surface area contributed by atoms with Gasteiger partial charge in [0.1, 0.15) is 0 Å². The molecule has 0 unspecified atom stereocenters. The second kappa shape index (κ2) is 5.46. The Morgan fingerprint density at radius 2 is 2.00 bits per heavy atom. The number of likely N-dealkylation sites (tertiary alicyclic amines) is 1. The Hall–Kier alpha value is -0.860. The molecule has 1 aromatic rings. The second-order valence-electron chi connectivity index (χ2n) is 4.77. The summed E-state index contributed by atoms with van der Waals surface area (Å²) >= 11 is 0. The minimum Gasteiger partial charge on any atom is -0.395 e. The third-order valence-electron chi connectivity index (χ3n) is 3.61. The fraction of sp³-hybridized carbons (Fsp3) is 0.571. The largest absolute Gasteiger partial charge is 0.395 e. The van der Waals surface area contributed by atoms with Gasteiger partial charge in [-0.15, -0.1) is 0 Å². The predicted octanol–water partition coefficient (Wildman–Crippen LogP) is 2.42. The van der Waals surface area contributed by atoms with Crippen molar-refractivity contribution in [3.05, 3.63) is 35.9 Å². The first-order valence-corrected chi connectivity index (χ1v) is 6.22. The Bertz CT molecular complexity index is 312. The van der Waals surface area contributed by atoms with Gasteiger partial charge in [-0.3, -0.25) is 4.90 Å². The van der Waals surface area contributed by atoms with Crippen LogP contribution < -0.4 is 0 Å². The summed E-state index contributed by atoms with van der Waals surface area (Å²) in [5, 5.41) is 9.42. The standard InChI is InChI=1S/C14H21NO/c1-12-6-5-9-14(11-16)15(12)10-13-7-3-2-4-8-13/h2-4,7-8,12,14,16H,5-6,9-11H2,1H3/t12-,14-/m0/s1. The Kier molecular flexibility index (Phi) is 3.97. The molecular weight excluding hydrogens is 198 g/mol. The fourth-order valence-corrected chi connectivity index (χ4v) is 2.62. The fourth-order valence-electron chi connectivity index (χ4n) is 2.62. The zero-order valence-electron chi connectivity index (χ0n) is 9.97. The molecule has 1 aromatic carbocycles. The maximum atomic E-state index is 9.42. The third kappa shape index (κ3) is 2.63. The van der Waals surface area contributed by atoms with Gasteiger partial charge in [0.2, 0.25) is 0 Å². The normalized spacial score (nSPS) is 26.9. The van der Waals surface area contributed by atoms with Gasteiger partial charge < -0.3 is 5.11 Å². The van der Waals surface area contributed by atoms with E-state index in [9.17, 15) is 5.11 Å². The number of rotatable bonds is 3. The minimum absolute atomic E-state index is 0.289. The van der Waals surface area contributed by atoms with E-state index in [4.69, 9.17) is 0 Å². The maximum Gasteiger partial charge on any atom is 0.0587 e. The molecular formula is C14H21NO. The highest BCUT2D eigenvalue weighted by molar-refractivity contribution is 5.14. The van der Waals surface area contributed by atoms with Gasteiger partial charge in [0.25, 0.3) is 0 Å². The topological polar surface area (TPSA) is 23.5 Å². The molecule has 0 aromatic heterocycles. The van der Waals surface area contributed by atoms with Crippen LogP contribution in [0.1, 0.15) is 31.7 Å². The molecule has 2 nitrogen and oxygen atoms in total. The summed E-state index contributed by atoms with van der Waals surface area (Å²) in [5.41, 5.74) is 1.34. The van der Waals surface area contributed by atoms with Crippen LogP contribution in [0.4, 0.5) is 0 Å². The van der Waals surface area contributed by atoms with Gasteiger partial charge in [0, 0.05) is 18.6 Å². The summed E-state index contributed by atoms with van der Waals surface area (Å²) in [5.74, 6) is 0.